The normalized spacial score (nSPS) is 16.3. The molecule has 0 spiro atoms. The first-order valence-corrected chi connectivity index (χ1v) is 10.5. The molecule has 0 aliphatic carbocycles. The van der Waals surface area contributed by atoms with Crippen LogP contribution in [0.2, 0.25) is 5.02 Å². The number of hydrogen-bond acceptors (Lipinski definition) is 5. The summed E-state index contributed by atoms with van der Waals surface area (Å²) < 4.78 is 7.40. The van der Waals surface area contributed by atoms with Crippen LogP contribution in [0.4, 0.5) is 0 Å². The van der Waals surface area contributed by atoms with Crippen molar-refractivity contribution in [1.82, 2.24) is 4.57 Å². The van der Waals surface area contributed by atoms with Crippen molar-refractivity contribution in [3.8, 4) is 5.75 Å². The topological polar surface area (TPSA) is 60.7 Å². The molecule has 1 aliphatic heterocycles. The number of halogens is 1. The fourth-order valence-corrected chi connectivity index (χ4v) is 4.76. The van der Waals surface area contributed by atoms with Gasteiger partial charge in [0.2, 0.25) is 0 Å². The van der Waals surface area contributed by atoms with E-state index in [4.69, 9.17) is 16.3 Å². The molecule has 0 saturated carbocycles. The molecule has 30 heavy (non-hydrogen) atoms. The quantitative estimate of drug-likeness (QED) is 0.626. The number of carbonyl (C=O) groups is 1. The van der Waals surface area contributed by atoms with Gasteiger partial charge in [-0.05, 0) is 55.3 Å². The highest BCUT2D eigenvalue weighted by Gasteiger charge is 2.30. The number of thiazole rings is 1. The Morgan fingerprint density at radius 3 is 2.43 bits per heavy atom. The number of hydrogen-bond donors (Lipinski definition) is 0. The highest BCUT2D eigenvalue weighted by molar-refractivity contribution is 7.07. The van der Waals surface area contributed by atoms with Gasteiger partial charge in [0.1, 0.15) is 5.75 Å². The molecule has 1 unspecified atom stereocenters. The van der Waals surface area contributed by atoms with Crippen LogP contribution >= 0.6 is 22.9 Å². The number of nitrogens with zero attached hydrogens (tertiary/aromatic N) is 2. The standard InChI is InChI=1S/C23H19ClN2O3S/c1-13-20(14(2)27)21(16-6-10-18(29-3)11-7-16)26-22(28)19(30-23(26)25-13)12-15-4-8-17(24)9-5-15/h4-12,21H,1-3H3. The Bertz CT molecular complexity index is 1330. The minimum Gasteiger partial charge on any atom is -0.497 e. The van der Waals surface area contributed by atoms with Crippen molar-refractivity contribution in [3.63, 3.8) is 0 Å². The minimum absolute atomic E-state index is 0.107. The number of ether oxygens (including phenoxy) is 1. The van der Waals surface area contributed by atoms with Crippen LogP contribution in [-0.2, 0) is 4.79 Å². The number of methoxy groups -OCH3 is 1. The molecule has 3 aromatic rings. The third-order valence-electron chi connectivity index (χ3n) is 5.00. The SMILES string of the molecule is COc1ccc(C2C(C(C)=O)=C(C)N=c3sc(=Cc4ccc(Cl)cc4)c(=O)n32)cc1. The van der Waals surface area contributed by atoms with Gasteiger partial charge in [-0.3, -0.25) is 14.2 Å². The molecular weight excluding hydrogens is 420 g/mol. The number of carbonyl (C=O) groups excluding carboxylic acids is 1. The summed E-state index contributed by atoms with van der Waals surface area (Å²) in [7, 11) is 1.60. The number of rotatable bonds is 4. The average molecular weight is 439 g/mol. The Hall–Kier alpha value is -2.96. The second-order valence-electron chi connectivity index (χ2n) is 6.96. The fourth-order valence-electron chi connectivity index (χ4n) is 3.58. The van der Waals surface area contributed by atoms with Crippen LogP contribution in [0.25, 0.3) is 6.08 Å². The lowest BCUT2D eigenvalue weighted by Gasteiger charge is -2.24. The second-order valence-corrected chi connectivity index (χ2v) is 8.41. The van der Waals surface area contributed by atoms with Gasteiger partial charge in [-0.2, -0.15) is 0 Å². The van der Waals surface area contributed by atoms with Gasteiger partial charge in [-0.25, -0.2) is 4.99 Å². The molecule has 2 aromatic carbocycles. The first-order chi connectivity index (χ1) is 14.4. The predicted molar refractivity (Wildman–Crippen MR) is 119 cm³/mol. The van der Waals surface area contributed by atoms with Gasteiger partial charge in [-0.15, -0.1) is 0 Å². The van der Waals surface area contributed by atoms with Crippen molar-refractivity contribution in [2.45, 2.75) is 19.9 Å². The largest absolute Gasteiger partial charge is 0.497 e. The van der Waals surface area contributed by atoms with Gasteiger partial charge in [-0.1, -0.05) is 47.2 Å². The zero-order valence-electron chi connectivity index (χ0n) is 16.7. The van der Waals surface area contributed by atoms with Crippen molar-refractivity contribution in [1.29, 1.82) is 0 Å². The Morgan fingerprint density at radius 2 is 1.83 bits per heavy atom. The molecule has 0 bridgehead atoms. The zero-order valence-corrected chi connectivity index (χ0v) is 18.3. The van der Waals surface area contributed by atoms with E-state index in [9.17, 15) is 9.59 Å². The van der Waals surface area contributed by atoms with E-state index in [1.807, 2.05) is 49.4 Å². The molecule has 152 valence electrons. The summed E-state index contributed by atoms with van der Waals surface area (Å²) in [5.41, 5.74) is 2.66. The summed E-state index contributed by atoms with van der Waals surface area (Å²) in [6.45, 7) is 3.32. The van der Waals surface area contributed by atoms with Crippen molar-refractivity contribution in [2.24, 2.45) is 4.99 Å². The van der Waals surface area contributed by atoms with Gasteiger partial charge in [0.05, 0.1) is 17.7 Å². The molecule has 2 heterocycles. The summed E-state index contributed by atoms with van der Waals surface area (Å²) in [6.07, 6.45) is 1.82. The lowest BCUT2D eigenvalue weighted by atomic mass is 9.93. The van der Waals surface area contributed by atoms with Gasteiger partial charge in [0, 0.05) is 16.3 Å². The summed E-state index contributed by atoms with van der Waals surface area (Å²) in [5.74, 6) is 0.600. The van der Waals surface area contributed by atoms with Crippen molar-refractivity contribution in [2.75, 3.05) is 7.11 Å². The molecule has 0 radical (unpaired) electrons. The molecule has 4 rings (SSSR count). The fraction of sp³-hybridized carbons (Fsp3) is 0.174. The number of ketones is 1. The Balaban J connectivity index is 1.94. The molecule has 1 aromatic heterocycles. The maximum atomic E-state index is 13.4. The maximum absolute atomic E-state index is 13.4. The molecule has 0 amide bonds. The van der Waals surface area contributed by atoms with Crippen LogP contribution in [0.1, 0.15) is 31.0 Å². The second kappa shape index (κ2) is 8.05. The van der Waals surface area contributed by atoms with Crippen molar-refractivity contribution < 1.29 is 9.53 Å². The maximum Gasteiger partial charge on any atom is 0.271 e. The summed E-state index contributed by atoms with van der Waals surface area (Å²) in [5, 5.41) is 0.634. The van der Waals surface area contributed by atoms with Gasteiger partial charge in [0.15, 0.2) is 10.6 Å². The molecular formula is C23H19ClN2O3S. The van der Waals surface area contributed by atoms with Crippen LogP contribution in [-0.4, -0.2) is 17.5 Å². The Kier molecular flexibility index (Phi) is 5.45. The number of Topliss-reactive ketones (excluding diaryl/α,β-unsaturated/α-hetero) is 1. The van der Waals surface area contributed by atoms with E-state index in [-0.39, 0.29) is 11.3 Å². The molecule has 7 heteroatoms. The monoisotopic (exact) mass is 438 g/mol. The van der Waals surface area contributed by atoms with E-state index in [0.717, 1.165) is 11.1 Å². The van der Waals surface area contributed by atoms with E-state index in [1.54, 1.807) is 23.8 Å². The zero-order chi connectivity index (χ0) is 21.4. The summed E-state index contributed by atoms with van der Waals surface area (Å²) in [6, 6.07) is 14.1. The Labute approximate surface area is 182 Å². The average Bonchev–Trinajstić information content (AvgIpc) is 3.03. The highest BCUT2D eigenvalue weighted by Crippen LogP contribution is 2.31. The number of benzene rings is 2. The highest BCUT2D eigenvalue weighted by atomic mass is 35.5. The molecule has 0 saturated heterocycles. The number of allylic oxidation sites excluding steroid dienone is 2. The first-order valence-electron chi connectivity index (χ1n) is 9.32. The van der Waals surface area contributed by atoms with Gasteiger partial charge < -0.3 is 4.74 Å². The van der Waals surface area contributed by atoms with Crippen LogP contribution in [0, 0.1) is 0 Å². The van der Waals surface area contributed by atoms with Crippen LogP contribution < -0.4 is 19.6 Å². The van der Waals surface area contributed by atoms with Crippen molar-refractivity contribution in [3.05, 3.63) is 95.6 Å². The number of fused-ring (bicyclic) bond motifs is 1. The molecule has 1 atom stereocenters. The van der Waals surface area contributed by atoms with Crippen LogP contribution in [0.15, 0.2) is 69.6 Å². The smallest absolute Gasteiger partial charge is 0.271 e. The summed E-state index contributed by atoms with van der Waals surface area (Å²) in [4.78, 5) is 31.0. The summed E-state index contributed by atoms with van der Waals surface area (Å²) >= 11 is 7.27. The van der Waals surface area contributed by atoms with Crippen LogP contribution in [0.3, 0.4) is 0 Å². The first kappa shape index (κ1) is 20.3. The lowest BCUT2D eigenvalue weighted by molar-refractivity contribution is -0.114. The van der Waals surface area contributed by atoms with E-state index >= 15 is 0 Å². The van der Waals surface area contributed by atoms with Crippen LogP contribution in [0.5, 0.6) is 5.75 Å². The minimum atomic E-state index is -0.531. The molecule has 1 aliphatic rings. The number of aromatic nitrogens is 1. The van der Waals surface area contributed by atoms with E-state index in [1.165, 1.54) is 18.3 Å². The van der Waals surface area contributed by atoms with E-state index in [0.29, 0.717) is 31.4 Å². The van der Waals surface area contributed by atoms with Gasteiger partial charge >= 0.3 is 0 Å². The third-order valence-corrected chi connectivity index (χ3v) is 6.24. The van der Waals surface area contributed by atoms with Crippen molar-refractivity contribution >= 4 is 34.8 Å². The predicted octanol–water partition coefficient (Wildman–Crippen LogP) is 3.49. The third kappa shape index (κ3) is 3.64. The molecule has 0 N–H and O–H groups in total. The van der Waals surface area contributed by atoms with E-state index in [2.05, 4.69) is 4.99 Å². The lowest BCUT2D eigenvalue weighted by Crippen LogP contribution is -2.39. The van der Waals surface area contributed by atoms with Gasteiger partial charge in [0.25, 0.3) is 5.56 Å². The Morgan fingerprint density at radius 1 is 1.17 bits per heavy atom. The molecule has 5 nitrogen and oxygen atoms in total. The van der Waals surface area contributed by atoms with E-state index < -0.39 is 6.04 Å². The molecule has 0 fully saturated rings.